The second-order valence-corrected chi connectivity index (χ2v) is 4.34. The van der Waals surface area contributed by atoms with E-state index in [-0.39, 0.29) is 5.82 Å². The van der Waals surface area contributed by atoms with Crippen molar-refractivity contribution in [3.8, 4) is 0 Å². The summed E-state index contributed by atoms with van der Waals surface area (Å²) < 4.78 is 13.6. The number of rotatable bonds is 4. The summed E-state index contributed by atoms with van der Waals surface area (Å²) in [5.41, 5.74) is 0.705. The van der Waals surface area contributed by atoms with Crippen LogP contribution in [0.4, 0.5) is 4.39 Å². The topological polar surface area (TPSA) is 37.3 Å². The summed E-state index contributed by atoms with van der Waals surface area (Å²) >= 11 is 3.17. The van der Waals surface area contributed by atoms with Crippen molar-refractivity contribution in [1.29, 1.82) is 0 Å². The largest absolute Gasteiger partial charge is 0.481 e. The Balaban J connectivity index is 2.83. The molecule has 0 saturated carbocycles. The molecule has 0 bridgehead atoms. The van der Waals surface area contributed by atoms with Gasteiger partial charge < -0.3 is 5.11 Å². The molecule has 0 radical (unpaired) electrons. The molecule has 1 aromatic rings. The summed E-state index contributed by atoms with van der Waals surface area (Å²) in [5.74, 6) is -1.63. The third-order valence-electron chi connectivity index (χ3n) is 2.25. The van der Waals surface area contributed by atoms with Crippen LogP contribution in [0.25, 0.3) is 0 Å². The van der Waals surface area contributed by atoms with Crippen LogP contribution in [-0.2, 0) is 11.2 Å². The standard InChI is InChI=1S/C11H12BrFO2/c1-2-8(11(14)15)3-7-4-9(12)6-10(13)5-7/h4-6,8H,2-3H2,1H3,(H,14,15). The maximum atomic E-state index is 13.0. The predicted octanol–water partition coefficient (Wildman–Crippen LogP) is 3.24. The van der Waals surface area contributed by atoms with E-state index in [1.54, 1.807) is 6.07 Å². The van der Waals surface area contributed by atoms with Crippen LogP contribution < -0.4 is 0 Å². The quantitative estimate of drug-likeness (QED) is 0.915. The Labute approximate surface area is 96.2 Å². The fourth-order valence-electron chi connectivity index (χ4n) is 1.42. The molecule has 0 saturated heterocycles. The summed E-state index contributed by atoms with van der Waals surface area (Å²) in [6.07, 6.45) is 0.908. The lowest BCUT2D eigenvalue weighted by molar-refractivity contribution is -0.141. The zero-order valence-corrected chi connectivity index (χ0v) is 9.92. The highest BCUT2D eigenvalue weighted by molar-refractivity contribution is 9.10. The molecule has 82 valence electrons. The van der Waals surface area contributed by atoms with Crippen molar-refractivity contribution in [3.05, 3.63) is 34.1 Å². The fraction of sp³-hybridized carbons (Fsp3) is 0.364. The molecule has 4 heteroatoms. The summed E-state index contributed by atoms with van der Waals surface area (Å²) in [6, 6.07) is 4.47. The van der Waals surface area contributed by atoms with Gasteiger partial charge in [-0.25, -0.2) is 4.39 Å². The van der Waals surface area contributed by atoms with E-state index in [0.717, 1.165) is 0 Å². The first-order valence-electron chi connectivity index (χ1n) is 4.70. The molecule has 0 aliphatic carbocycles. The van der Waals surface area contributed by atoms with E-state index in [0.29, 0.717) is 22.9 Å². The van der Waals surface area contributed by atoms with E-state index in [4.69, 9.17) is 5.11 Å². The molecule has 0 amide bonds. The smallest absolute Gasteiger partial charge is 0.306 e. The second-order valence-electron chi connectivity index (χ2n) is 3.43. The highest BCUT2D eigenvalue weighted by Crippen LogP contribution is 2.19. The van der Waals surface area contributed by atoms with E-state index in [2.05, 4.69) is 15.9 Å². The lowest BCUT2D eigenvalue weighted by atomic mass is 9.97. The monoisotopic (exact) mass is 274 g/mol. The fourth-order valence-corrected chi connectivity index (χ4v) is 1.93. The van der Waals surface area contributed by atoms with Crippen LogP contribution in [0.2, 0.25) is 0 Å². The van der Waals surface area contributed by atoms with E-state index in [9.17, 15) is 9.18 Å². The van der Waals surface area contributed by atoms with Crippen LogP contribution in [-0.4, -0.2) is 11.1 Å². The summed E-state index contributed by atoms with van der Waals surface area (Å²) in [6.45, 7) is 1.81. The van der Waals surface area contributed by atoms with Crippen LogP contribution in [0.1, 0.15) is 18.9 Å². The molecule has 1 N–H and O–H groups in total. The number of carboxylic acids is 1. The first kappa shape index (κ1) is 12.2. The number of aliphatic carboxylic acids is 1. The highest BCUT2D eigenvalue weighted by atomic mass is 79.9. The molecule has 0 heterocycles. The van der Waals surface area contributed by atoms with Crippen LogP contribution in [0.5, 0.6) is 0 Å². The average Bonchev–Trinajstić information content (AvgIpc) is 2.12. The lowest BCUT2D eigenvalue weighted by Crippen LogP contribution is -2.15. The zero-order valence-electron chi connectivity index (χ0n) is 8.34. The lowest BCUT2D eigenvalue weighted by Gasteiger charge is -2.09. The Morgan fingerprint density at radius 2 is 2.20 bits per heavy atom. The average molecular weight is 275 g/mol. The van der Waals surface area contributed by atoms with Gasteiger partial charge >= 0.3 is 5.97 Å². The number of carboxylic acid groups (broad SMARTS) is 1. The highest BCUT2D eigenvalue weighted by Gasteiger charge is 2.15. The second kappa shape index (κ2) is 5.26. The minimum absolute atomic E-state index is 0.348. The molecule has 1 aromatic carbocycles. The molecular weight excluding hydrogens is 263 g/mol. The SMILES string of the molecule is CCC(Cc1cc(F)cc(Br)c1)C(=O)O. The van der Waals surface area contributed by atoms with Crippen LogP contribution in [0, 0.1) is 11.7 Å². The minimum atomic E-state index is -0.835. The third-order valence-corrected chi connectivity index (χ3v) is 2.70. The number of benzene rings is 1. The van der Waals surface area contributed by atoms with Crippen molar-refractivity contribution in [3.63, 3.8) is 0 Å². The van der Waals surface area contributed by atoms with Gasteiger partial charge in [-0.3, -0.25) is 4.79 Å². The van der Waals surface area contributed by atoms with Crippen molar-refractivity contribution in [2.45, 2.75) is 19.8 Å². The van der Waals surface area contributed by atoms with Crippen molar-refractivity contribution >= 4 is 21.9 Å². The molecule has 0 spiro atoms. The van der Waals surface area contributed by atoms with Gasteiger partial charge in [-0.15, -0.1) is 0 Å². The van der Waals surface area contributed by atoms with Gasteiger partial charge in [0.25, 0.3) is 0 Å². The number of hydrogen-bond acceptors (Lipinski definition) is 1. The normalized spacial score (nSPS) is 12.5. The molecule has 0 aliphatic rings. The van der Waals surface area contributed by atoms with Crippen LogP contribution in [0.3, 0.4) is 0 Å². The third kappa shape index (κ3) is 3.63. The molecule has 15 heavy (non-hydrogen) atoms. The van der Waals surface area contributed by atoms with Gasteiger partial charge in [0.2, 0.25) is 0 Å². The van der Waals surface area contributed by atoms with Crippen LogP contribution in [0.15, 0.2) is 22.7 Å². The van der Waals surface area contributed by atoms with Gasteiger partial charge in [-0.05, 0) is 36.6 Å². The van der Waals surface area contributed by atoms with Crippen molar-refractivity contribution < 1.29 is 14.3 Å². The summed E-state index contributed by atoms with van der Waals surface area (Å²) in [5, 5.41) is 8.87. The molecule has 1 unspecified atom stereocenters. The molecule has 0 aliphatic heterocycles. The van der Waals surface area contributed by atoms with Gasteiger partial charge in [0, 0.05) is 4.47 Å². The van der Waals surface area contributed by atoms with Gasteiger partial charge in [0.15, 0.2) is 0 Å². The maximum Gasteiger partial charge on any atom is 0.306 e. The molecule has 1 atom stereocenters. The van der Waals surface area contributed by atoms with Crippen molar-refractivity contribution in [2.75, 3.05) is 0 Å². The van der Waals surface area contributed by atoms with Crippen LogP contribution >= 0.6 is 15.9 Å². The zero-order chi connectivity index (χ0) is 11.4. The minimum Gasteiger partial charge on any atom is -0.481 e. The number of carbonyl (C=O) groups is 1. The van der Waals surface area contributed by atoms with Crippen molar-refractivity contribution in [1.82, 2.24) is 0 Å². The van der Waals surface area contributed by atoms with E-state index in [1.807, 2.05) is 6.92 Å². The van der Waals surface area contributed by atoms with Gasteiger partial charge in [-0.1, -0.05) is 22.9 Å². The molecule has 0 aromatic heterocycles. The number of halogens is 2. The van der Waals surface area contributed by atoms with Gasteiger partial charge in [0.05, 0.1) is 5.92 Å². The predicted molar refractivity (Wildman–Crippen MR) is 59.2 cm³/mol. The summed E-state index contributed by atoms with van der Waals surface area (Å²) in [7, 11) is 0. The Hall–Kier alpha value is -0.900. The van der Waals surface area contributed by atoms with Gasteiger partial charge in [-0.2, -0.15) is 0 Å². The number of hydrogen-bond donors (Lipinski definition) is 1. The molecular formula is C11H12BrFO2. The Kier molecular flexibility index (Phi) is 4.27. The van der Waals surface area contributed by atoms with E-state index >= 15 is 0 Å². The molecule has 1 rings (SSSR count). The molecule has 0 fully saturated rings. The van der Waals surface area contributed by atoms with Gasteiger partial charge in [0.1, 0.15) is 5.82 Å². The Morgan fingerprint density at radius 3 is 2.67 bits per heavy atom. The van der Waals surface area contributed by atoms with Crippen molar-refractivity contribution in [2.24, 2.45) is 5.92 Å². The van der Waals surface area contributed by atoms with E-state index in [1.165, 1.54) is 12.1 Å². The Morgan fingerprint density at radius 1 is 1.53 bits per heavy atom. The molecule has 2 nitrogen and oxygen atoms in total. The Bertz CT molecular complexity index is 345. The first-order chi connectivity index (χ1) is 7.02. The first-order valence-corrected chi connectivity index (χ1v) is 5.50. The van der Waals surface area contributed by atoms with E-state index < -0.39 is 11.9 Å². The maximum absolute atomic E-state index is 13.0. The summed E-state index contributed by atoms with van der Waals surface area (Å²) in [4.78, 5) is 10.8.